The van der Waals surface area contributed by atoms with Crippen molar-refractivity contribution in [1.82, 2.24) is 5.32 Å². The normalized spacial score (nSPS) is 13.8. The van der Waals surface area contributed by atoms with E-state index >= 15 is 0 Å². The van der Waals surface area contributed by atoms with Crippen LogP contribution in [0.15, 0.2) is 0 Å². The third-order valence-corrected chi connectivity index (χ3v) is 2.35. The summed E-state index contributed by atoms with van der Waals surface area (Å²) in [6.07, 6.45) is -0.441. The SMILES string of the molecule is CCC(O)(CC)C(CO)NC(=O)O. The fraction of sp³-hybridized carbons (Fsp3) is 0.875. The van der Waals surface area contributed by atoms with Crippen LogP contribution in [0, 0.1) is 0 Å². The van der Waals surface area contributed by atoms with Gasteiger partial charge in [-0.3, -0.25) is 0 Å². The van der Waals surface area contributed by atoms with Crippen LogP contribution in [0.25, 0.3) is 0 Å². The Kier molecular flexibility index (Phi) is 4.72. The van der Waals surface area contributed by atoms with Crippen molar-refractivity contribution in [2.75, 3.05) is 6.61 Å². The average Bonchev–Trinajstić information content (AvgIpc) is 2.12. The number of carboxylic acid groups (broad SMARTS) is 1. The minimum absolute atomic E-state index is 0.398. The minimum atomic E-state index is -1.24. The maximum Gasteiger partial charge on any atom is 0.405 e. The Balaban J connectivity index is 4.42. The number of nitrogens with one attached hydrogen (secondary N) is 1. The first-order chi connectivity index (χ1) is 6.00. The lowest BCUT2D eigenvalue weighted by Gasteiger charge is -2.33. The molecule has 0 aliphatic heterocycles. The zero-order valence-corrected chi connectivity index (χ0v) is 7.95. The third-order valence-electron chi connectivity index (χ3n) is 2.35. The molecule has 5 heteroatoms. The molecule has 78 valence electrons. The molecule has 13 heavy (non-hydrogen) atoms. The zero-order chi connectivity index (χ0) is 10.5. The number of carbonyl (C=O) groups is 1. The van der Waals surface area contributed by atoms with E-state index in [4.69, 9.17) is 10.2 Å². The third kappa shape index (κ3) is 3.20. The van der Waals surface area contributed by atoms with E-state index in [-0.39, 0.29) is 0 Å². The van der Waals surface area contributed by atoms with Crippen LogP contribution in [0.1, 0.15) is 26.7 Å². The van der Waals surface area contributed by atoms with Crippen LogP contribution in [0.5, 0.6) is 0 Å². The molecule has 0 aromatic rings. The average molecular weight is 191 g/mol. The van der Waals surface area contributed by atoms with Crippen molar-refractivity contribution in [1.29, 1.82) is 0 Å². The van der Waals surface area contributed by atoms with E-state index in [0.29, 0.717) is 12.8 Å². The molecule has 0 radical (unpaired) electrons. The van der Waals surface area contributed by atoms with Gasteiger partial charge in [-0.2, -0.15) is 0 Å². The molecule has 0 aromatic carbocycles. The monoisotopic (exact) mass is 191 g/mol. The number of hydrogen-bond acceptors (Lipinski definition) is 3. The summed E-state index contributed by atoms with van der Waals surface area (Å²) < 4.78 is 0. The fourth-order valence-electron chi connectivity index (χ4n) is 1.24. The molecule has 0 saturated carbocycles. The van der Waals surface area contributed by atoms with Crippen LogP contribution in [0.3, 0.4) is 0 Å². The summed E-state index contributed by atoms with van der Waals surface area (Å²) in [5, 5.41) is 29.3. The zero-order valence-electron chi connectivity index (χ0n) is 7.95. The molecule has 5 nitrogen and oxygen atoms in total. The van der Waals surface area contributed by atoms with E-state index in [1.165, 1.54) is 0 Å². The molecule has 0 spiro atoms. The molecule has 4 N–H and O–H groups in total. The molecule has 0 rings (SSSR count). The summed E-state index contributed by atoms with van der Waals surface area (Å²) in [5.41, 5.74) is -1.16. The highest BCUT2D eigenvalue weighted by Gasteiger charge is 2.33. The number of aliphatic hydroxyl groups is 2. The molecular weight excluding hydrogens is 174 g/mol. The van der Waals surface area contributed by atoms with Gasteiger partial charge in [-0.1, -0.05) is 13.8 Å². The Hall–Kier alpha value is -0.810. The van der Waals surface area contributed by atoms with E-state index in [9.17, 15) is 9.90 Å². The molecular formula is C8H17NO4. The number of rotatable bonds is 5. The van der Waals surface area contributed by atoms with E-state index in [1.807, 2.05) is 0 Å². The van der Waals surface area contributed by atoms with E-state index in [2.05, 4.69) is 5.32 Å². The molecule has 0 fully saturated rings. The smallest absolute Gasteiger partial charge is 0.405 e. The second-order valence-corrected chi connectivity index (χ2v) is 3.00. The number of aliphatic hydroxyl groups excluding tert-OH is 1. The Morgan fingerprint density at radius 3 is 2.15 bits per heavy atom. The lowest BCUT2D eigenvalue weighted by atomic mass is 9.89. The van der Waals surface area contributed by atoms with E-state index in [0.717, 1.165) is 0 Å². The molecule has 0 bridgehead atoms. The Morgan fingerprint density at radius 2 is 1.92 bits per heavy atom. The van der Waals surface area contributed by atoms with Crippen LogP contribution in [0.4, 0.5) is 4.79 Å². The van der Waals surface area contributed by atoms with Crippen LogP contribution < -0.4 is 5.32 Å². The summed E-state index contributed by atoms with van der Waals surface area (Å²) in [6, 6.07) is -0.819. The van der Waals surface area contributed by atoms with Crippen molar-refractivity contribution in [2.45, 2.75) is 38.3 Å². The fourth-order valence-corrected chi connectivity index (χ4v) is 1.24. The second-order valence-electron chi connectivity index (χ2n) is 3.00. The quantitative estimate of drug-likeness (QED) is 0.498. The van der Waals surface area contributed by atoms with Gasteiger partial charge < -0.3 is 20.6 Å². The van der Waals surface area contributed by atoms with Crippen molar-refractivity contribution < 1.29 is 20.1 Å². The minimum Gasteiger partial charge on any atom is -0.465 e. The van der Waals surface area contributed by atoms with Gasteiger partial charge in [-0.25, -0.2) is 4.79 Å². The standard InChI is InChI=1S/C8H17NO4/c1-3-8(13,4-2)6(5-10)9-7(11)12/h6,9-10,13H,3-5H2,1-2H3,(H,11,12). The van der Waals surface area contributed by atoms with E-state index < -0.39 is 24.3 Å². The van der Waals surface area contributed by atoms with Crippen LogP contribution >= 0.6 is 0 Å². The molecule has 0 aliphatic rings. The lowest BCUT2D eigenvalue weighted by Crippen LogP contribution is -2.53. The summed E-state index contributed by atoms with van der Waals surface area (Å²) >= 11 is 0. The van der Waals surface area contributed by atoms with Gasteiger partial charge in [-0.05, 0) is 12.8 Å². The first-order valence-corrected chi connectivity index (χ1v) is 4.32. The van der Waals surface area contributed by atoms with Crippen LogP contribution in [-0.2, 0) is 0 Å². The lowest BCUT2D eigenvalue weighted by molar-refractivity contribution is -0.0220. The van der Waals surface area contributed by atoms with Gasteiger partial charge in [0.15, 0.2) is 0 Å². The Labute approximate surface area is 77.4 Å². The van der Waals surface area contributed by atoms with Gasteiger partial charge in [0.1, 0.15) is 0 Å². The van der Waals surface area contributed by atoms with Crippen molar-refractivity contribution in [3.05, 3.63) is 0 Å². The molecule has 1 amide bonds. The topological polar surface area (TPSA) is 89.8 Å². The first-order valence-electron chi connectivity index (χ1n) is 4.32. The molecule has 1 atom stereocenters. The Bertz CT molecular complexity index is 168. The summed E-state index contributed by atoms with van der Waals surface area (Å²) in [6.45, 7) is 3.09. The van der Waals surface area contributed by atoms with Crippen molar-refractivity contribution in [2.24, 2.45) is 0 Å². The predicted molar refractivity (Wildman–Crippen MR) is 47.6 cm³/mol. The molecule has 0 aliphatic carbocycles. The highest BCUT2D eigenvalue weighted by molar-refractivity contribution is 5.65. The molecule has 1 unspecified atom stereocenters. The summed E-state index contributed by atoms with van der Waals surface area (Å²) in [5.74, 6) is 0. The largest absolute Gasteiger partial charge is 0.465 e. The molecule has 0 saturated heterocycles. The van der Waals surface area contributed by atoms with Crippen LogP contribution in [-0.4, -0.2) is 39.7 Å². The van der Waals surface area contributed by atoms with Gasteiger partial charge in [0.2, 0.25) is 0 Å². The van der Waals surface area contributed by atoms with Gasteiger partial charge in [0, 0.05) is 0 Å². The predicted octanol–water partition coefficient (Wildman–Crippen LogP) is 0.166. The van der Waals surface area contributed by atoms with Crippen LogP contribution in [0.2, 0.25) is 0 Å². The van der Waals surface area contributed by atoms with Gasteiger partial charge in [0.05, 0.1) is 18.2 Å². The van der Waals surface area contributed by atoms with Gasteiger partial charge >= 0.3 is 6.09 Å². The summed E-state index contributed by atoms with van der Waals surface area (Å²) in [4.78, 5) is 10.3. The Morgan fingerprint density at radius 1 is 1.46 bits per heavy atom. The second kappa shape index (κ2) is 5.04. The number of amides is 1. The van der Waals surface area contributed by atoms with Crippen molar-refractivity contribution in [3.8, 4) is 0 Å². The van der Waals surface area contributed by atoms with Gasteiger partial charge in [0.25, 0.3) is 0 Å². The molecule has 0 heterocycles. The first kappa shape index (κ1) is 12.2. The van der Waals surface area contributed by atoms with Gasteiger partial charge in [-0.15, -0.1) is 0 Å². The number of hydrogen-bond donors (Lipinski definition) is 4. The maximum absolute atomic E-state index is 10.3. The summed E-state index contributed by atoms with van der Waals surface area (Å²) in [7, 11) is 0. The van der Waals surface area contributed by atoms with Crippen molar-refractivity contribution >= 4 is 6.09 Å². The highest BCUT2D eigenvalue weighted by Crippen LogP contribution is 2.19. The molecule has 0 aromatic heterocycles. The van der Waals surface area contributed by atoms with Crippen molar-refractivity contribution in [3.63, 3.8) is 0 Å². The maximum atomic E-state index is 10.3. The highest BCUT2D eigenvalue weighted by atomic mass is 16.4. The van der Waals surface area contributed by atoms with E-state index in [1.54, 1.807) is 13.8 Å².